The molecule has 1 aromatic carbocycles. The monoisotopic (exact) mass is 234 g/mol. The molecular weight excluding hydrogens is 220 g/mol. The predicted octanol–water partition coefficient (Wildman–Crippen LogP) is 1.06. The Hall–Kier alpha value is -2.04. The molecule has 1 fully saturated rings. The molecule has 3 N–H and O–H groups in total. The first-order valence-corrected chi connectivity index (χ1v) is 5.38. The third-order valence-corrected chi connectivity index (χ3v) is 3.16. The predicted molar refractivity (Wildman–Crippen MR) is 61.5 cm³/mol. The number of carbonyl (C=O) groups is 2. The molecule has 0 spiro atoms. The van der Waals surface area contributed by atoms with Crippen LogP contribution in [0.1, 0.15) is 18.9 Å². The summed E-state index contributed by atoms with van der Waals surface area (Å²) in [4.78, 5) is 22.2. The van der Waals surface area contributed by atoms with Crippen molar-refractivity contribution in [1.29, 1.82) is 0 Å². The minimum Gasteiger partial charge on any atom is -0.465 e. The Bertz CT molecular complexity index is 446. The Labute approximate surface area is 98.8 Å². The SMILES string of the molecule is CC1(c2ccccc2)NC(=O)CC1NC(=O)O. The summed E-state index contributed by atoms with van der Waals surface area (Å²) < 4.78 is 0. The zero-order valence-electron chi connectivity index (χ0n) is 9.43. The van der Waals surface area contributed by atoms with Gasteiger partial charge < -0.3 is 15.7 Å². The summed E-state index contributed by atoms with van der Waals surface area (Å²) in [5.41, 5.74) is 0.209. The van der Waals surface area contributed by atoms with Crippen molar-refractivity contribution in [1.82, 2.24) is 10.6 Å². The van der Waals surface area contributed by atoms with Crippen molar-refractivity contribution < 1.29 is 14.7 Å². The summed E-state index contributed by atoms with van der Waals surface area (Å²) in [7, 11) is 0. The molecule has 0 aliphatic carbocycles. The van der Waals surface area contributed by atoms with E-state index in [9.17, 15) is 9.59 Å². The zero-order chi connectivity index (χ0) is 12.5. The van der Waals surface area contributed by atoms with Gasteiger partial charge >= 0.3 is 6.09 Å². The van der Waals surface area contributed by atoms with Crippen molar-refractivity contribution in [2.24, 2.45) is 0 Å². The lowest BCUT2D eigenvalue weighted by molar-refractivity contribution is -0.119. The Morgan fingerprint density at radius 1 is 1.47 bits per heavy atom. The quantitative estimate of drug-likeness (QED) is 0.716. The highest BCUT2D eigenvalue weighted by Crippen LogP contribution is 2.31. The van der Waals surface area contributed by atoms with E-state index in [0.717, 1.165) is 5.56 Å². The molecule has 1 aromatic rings. The molecule has 5 nitrogen and oxygen atoms in total. The maximum atomic E-state index is 11.5. The molecule has 1 heterocycles. The fraction of sp³-hybridized carbons (Fsp3) is 0.333. The molecule has 2 atom stereocenters. The molecule has 1 aliphatic rings. The molecule has 0 radical (unpaired) electrons. The van der Waals surface area contributed by atoms with E-state index in [2.05, 4.69) is 10.6 Å². The van der Waals surface area contributed by atoms with Crippen LogP contribution < -0.4 is 10.6 Å². The average molecular weight is 234 g/mol. The van der Waals surface area contributed by atoms with Crippen molar-refractivity contribution in [3.05, 3.63) is 35.9 Å². The van der Waals surface area contributed by atoms with Gasteiger partial charge in [-0.3, -0.25) is 4.79 Å². The Morgan fingerprint density at radius 3 is 2.71 bits per heavy atom. The fourth-order valence-corrected chi connectivity index (χ4v) is 2.22. The van der Waals surface area contributed by atoms with Crippen molar-refractivity contribution >= 4 is 12.0 Å². The van der Waals surface area contributed by atoms with Gasteiger partial charge in [0, 0.05) is 6.42 Å². The van der Waals surface area contributed by atoms with Gasteiger partial charge in [-0.15, -0.1) is 0 Å². The molecule has 2 rings (SSSR count). The van der Waals surface area contributed by atoms with Gasteiger partial charge in [0.05, 0.1) is 11.6 Å². The Balaban J connectivity index is 2.33. The lowest BCUT2D eigenvalue weighted by atomic mass is 9.86. The molecule has 5 heteroatoms. The Morgan fingerprint density at radius 2 is 2.12 bits per heavy atom. The van der Waals surface area contributed by atoms with E-state index in [1.165, 1.54) is 0 Å². The first-order valence-electron chi connectivity index (χ1n) is 5.38. The Kier molecular flexibility index (Phi) is 2.75. The molecule has 2 unspecified atom stereocenters. The van der Waals surface area contributed by atoms with Crippen LogP contribution >= 0.6 is 0 Å². The summed E-state index contributed by atoms with van der Waals surface area (Å²) in [6, 6.07) is 8.91. The van der Waals surface area contributed by atoms with Gasteiger partial charge in [-0.05, 0) is 12.5 Å². The summed E-state index contributed by atoms with van der Waals surface area (Å²) in [6.07, 6.45) is -0.953. The van der Waals surface area contributed by atoms with E-state index >= 15 is 0 Å². The van der Waals surface area contributed by atoms with Crippen LogP contribution in [0.3, 0.4) is 0 Å². The standard InChI is InChI=1S/C12H14N2O3/c1-12(8-5-3-2-4-6-8)9(13-11(16)17)7-10(15)14-12/h2-6,9,13H,7H2,1H3,(H,14,15)(H,16,17). The molecule has 17 heavy (non-hydrogen) atoms. The topological polar surface area (TPSA) is 78.4 Å². The van der Waals surface area contributed by atoms with Crippen LogP contribution in [0.2, 0.25) is 0 Å². The second kappa shape index (κ2) is 4.08. The van der Waals surface area contributed by atoms with Gasteiger partial charge in [0.2, 0.25) is 5.91 Å². The van der Waals surface area contributed by atoms with Crippen LogP contribution in [0, 0.1) is 0 Å². The summed E-state index contributed by atoms with van der Waals surface area (Å²) in [6.45, 7) is 1.83. The second-order valence-corrected chi connectivity index (χ2v) is 4.32. The van der Waals surface area contributed by atoms with Gasteiger partial charge in [0.1, 0.15) is 0 Å². The number of hydrogen-bond donors (Lipinski definition) is 3. The number of benzene rings is 1. The van der Waals surface area contributed by atoms with Gasteiger partial charge in [0.15, 0.2) is 0 Å². The summed E-state index contributed by atoms with van der Waals surface area (Å²) in [5.74, 6) is -0.143. The van der Waals surface area contributed by atoms with Crippen LogP contribution in [0.5, 0.6) is 0 Å². The van der Waals surface area contributed by atoms with Crippen molar-refractivity contribution in [2.45, 2.75) is 24.9 Å². The first kappa shape index (κ1) is 11.4. The van der Waals surface area contributed by atoms with Crippen molar-refractivity contribution in [2.75, 3.05) is 0 Å². The normalized spacial score (nSPS) is 27.6. The van der Waals surface area contributed by atoms with Crippen molar-refractivity contribution in [3.63, 3.8) is 0 Å². The fourth-order valence-electron chi connectivity index (χ4n) is 2.22. The highest BCUT2D eigenvalue weighted by atomic mass is 16.4. The van der Waals surface area contributed by atoms with E-state index < -0.39 is 17.7 Å². The minimum absolute atomic E-state index is 0.143. The van der Waals surface area contributed by atoms with E-state index in [1.807, 2.05) is 37.3 Å². The van der Waals surface area contributed by atoms with Gasteiger partial charge in [-0.2, -0.15) is 0 Å². The molecule has 1 aliphatic heterocycles. The molecule has 1 saturated heterocycles. The molecule has 2 amide bonds. The third-order valence-electron chi connectivity index (χ3n) is 3.16. The summed E-state index contributed by atoms with van der Waals surface area (Å²) >= 11 is 0. The highest BCUT2D eigenvalue weighted by molar-refractivity contribution is 5.82. The van der Waals surface area contributed by atoms with Gasteiger partial charge in [-0.25, -0.2) is 4.79 Å². The average Bonchev–Trinajstić information content (AvgIpc) is 2.55. The number of carbonyl (C=O) groups excluding carboxylic acids is 1. The lowest BCUT2D eigenvalue weighted by Crippen LogP contribution is -2.50. The molecule has 90 valence electrons. The number of hydrogen-bond acceptors (Lipinski definition) is 2. The molecule has 0 saturated carbocycles. The van der Waals surface area contributed by atoms with Crippen LogP contribution in [-0.2, 0) is 10.3 Å². The first-order chi connectivity index (χ1) is 8.02. The van der Waals surface area contributed by atoms with Crippen LogP contribution in [0.4, 0.5) is 4.79 Å². The molecule has 0 bridgehead atoms. The van der Waals surface area contributed by atoms with Crippen LogP contribution in [0.25, 0.3) is 0 Å². The molecule has 0 aromatic heterocycles. The van der Waals surface area contributed by atoms with Gasteiger partial charge in [-0.1, -0.05) is 30.3 Å². The maximum Gasteiger partial charge on any atom is 0.404 e. The third kappa shape index (κ3) is 2.08. The van der Waals surface area contributed by atoms with E-state index in [1.54, 1.807) is 0 Å². The number of carboxylic acid groups (broad SMARTS) is 1. The zero-order valence-corrected chi connectivity index (χ0v) is 9.43. The van der Waals surface area contributed by atoms with E-state index in [0.29, 0.717) is 0 Å². The van der Waals surface area contributed by atoms with Crippen LogP contribution in [0.15, 0.2) is 30.3 Å². The van der Waals surface area contributed by atoms with Crippen molar-refractivity contribution in [3.8, 4) is 0 Å². The number of rotatable bonds is 2. The van der Waals surface area contributed by atoms with E-state index in [-0.39, 0.29) is 12.3 Å². The second-order valence-electron chi connectivity index (χ2n) is 4.32. The number of nitrogens with one attached hydrogen (secondary N) is 2. The minimum atomic E-state index is -1.12. The number of amides is 2. The largest absolute Gasteiger partial charge is 0.465 e. The highest BCUT2D eigenvalue weighted by Gasteiger charge is 2.44. The van der Waals surface area contributed by atoms with Gasteiger partial charge in [0.25, 0.3) is 0 Å². The summed E-state index contributed by atoms with van der Waals surface area (Å²) in [5, 5.41) is 14.0. The maximum absolute atomic E-state index is 11.5. The van der Waals surface area contributed by atoms with E-state index in [4.69, 9.17) is 5.11 Å². The lowest BCUT2D eigenvalue weighted by Gasteiger charge is -2.31. The molecular formula is C12H14N2O3. The van der Waals surface area contributed by atoms with Crippen LogP contribution in [-0.4, -0.2) is 23.1 Å². The smallest absolute Gasteiger partial charge is 0.404 e.